The molecule has 12 heteroatoms. The van der Waals surface area contributed by atoms with Gasteiger partial charge in [0.15, 0.2) is 46.5 Å². The topological polar surface area (TPSA) is 36.9 Å². The summed E-state index contributed by atoms with van der Waals surface area (Å²) in [7, 11) is 0. The summed E-state index contributed by atoms with van der Waals surface area (Å²) in [5.41, 5.74) is 9.82. The van der Waals surface area contributed by atoms with Gasteiger partial charge in [0, 0.05) is 0 Å². The summed E-state index contributed by atoms with van der Waals surface area (Å²) in [6, 6.07) is 14.1. The maximum Gasteiger partial charge on any atom is 0.162 e. The van der Waals surface area contributed by atoms with E-state index in [-0.39, 0.29) is 83.1 Å². The Morgan fingerprint density at radius 3 is 0.708 bits per heavy atom. The van der Waals surface area contributed by atoms with E-state index in [0.29, 0.717) is 80.8 Å². The molecule has 0 N–H and O–H groups in total. The normalized spacial score (nSPS) is 31.6. The highest BCUT2D eigenvalue weighted by atomic mass is 19.2. The van der Waals surface area contributed by atoms with E-state index in [2.05, 4.69) is 46.5 Å². The Hall–Kier alpha value is -5.52. The molecule has 0 bridgehead atoms. The van der Waals surface area contributed by atoms with Crippen LogP contribution in [0.3, 0.4) is 0 Å². The van der Waals surface area contributed by atoms with Crippen LogP contribution in [0.5, 0.6) is 0 Å². The van der Waals surface area contributed by atoms with Crippen molar-refractivity contribution in [3.05, 3.63) is 187 Å². The third kappa shape index (κ3) is 26.3. The third-order valence-electron chi connectivity index (χ3n) is 31.0. The third-order valence-corrected chi connectivity index (χ3v) is 31.0. The van der Waals surface area contributed by atoms with Crippen molar-refractivity contribution in [1.82, 2.24) is 0 Å². The number of benzene rings is 4. The lowest BCUT2D eigenvalue weighted by Gasteiger charge is -2.40. The quantitative estimate of drug-likeness (QED) is 0.133. The van der Waals surface area contributed by atoms with Gasteiger partial charge in [-0.05, 0) is 434 Å². The SMILES string of the molecule is C.C.C.C.C.C.C.C.CC1=COC(C2CCC(C3CCC(c4ccc(C)c(F)c4F)CC3)CC2)CC1.Cc1ccc(C2CCC(C3=COC(C4CCC(C)CC4)CC3)CC2)c(F)c1F.Cc1ccc(C2CCC(C3CCC(C4=COC(C)CC4)CC3)CC2)c(F)c1F.Cc1ccc(C2CCC(C3CCC(C4CCC(C)CC4)=CO3)CC2)c(F)c1F. The van der Waals surface area contributed by atoms with Gasteiger partial charge in [-0.25, -0.2) is 35.1 Å². The van der Waals surface area contributed by atoms with Crippen LogP contribution in [0, 0.1) is 145 Å². The smallest absolute Gasteiger partial charge is 0.162 e. The lowest BCUT2D eigenvalue weighted by atomic mass is 9.67. The molecular weight excluding hydrogens is 1510 g/mol. The number of halogens is 8. The van der Waals surface area contributed by atoms with Crippen LogP contribution < -0.4 is 0 Å². The number of hydrogen-bond acceptors (Lipinski definition) is 4. The van der Waals surface area contributed by atoms with Crippen LogP contribution in [-0.4, -0.2) is 24.4 Å². The van der Waals surface area contributed by atoms with Crippen LogP contribution in [0.2, 0.25) is 0 Å². The first-order valence-corrected chi connectivity index (χ1v) is 45.2. The van der Waals surface area contributed by atoms with Gasteiger partial charge in [-0.1, -0.05) is 147 Å². The van der Waals surface area contributed by atoms with Crippen molar-refractivity contribution in [2.24, 2.45) is 71.0 Å². The Morgan fingerprint density at radius 2 is 0.433 bits per heavy atom. The van der Waals surface area contributed by atoms with E-state index >= 15 is 0 Å². The lowest BCUT2D eigenvalue weighted by molar-refractivity contribution is 0.0312. The Morgan fingerprint density at radius 1 is 0.217 bits per heavy atom. The summed E-state index contributed by atoms with van der Waals surface area (Å²) >= 11 is 0. The van der Waals surface area contributed by atoms with Gasteiger partial charge in [-0.3, -0.25) is 0 Å². The molecule has 0 saturated heterocycles. The summed E-state index contributed by atoms with van der Waals surface area (Å²) in [4.78, 5) is 0. The van der Waals surface area contributed by atoms with Gasteiger partial charge < -0.3 is 18.9 Å². The van der Waals surface area contributed by atoms with Gasteiger partial charge in [0.25, 0.3) is 0 Å². The molecule has 4 atom stereocenters. The zero-order chi connectivity index (χ0) is 78.7. The fraction of sp³-hybridized carbons (Fsp3) is 0.704. The van der Waals surface area contributed by atoms with Crippen molar-refractivity contribution in [2.45, 2.75) is 420 Å². The van der Waals surface area contributed by atoms with Crippen molar-refractivity contribution in [1.29, 1.82) is 0 Å². The average Bonchev–Trinajstić information content (AvgIpc) is 0.813. The van der Waals surface area contributed by atoms with Crippen LogP contribution in [0.4, 0.5) is 35.1 Å². The fourth-order valence-corrected chi connectivity index (χ4v) is 23.1. The molecule has 0 spiro atoms. The Bertz CT molecular complexity index is 3830. The predicted molar refractivity (Wildman–Crippen MR) is 490 cm³/mol. The first kappa shape index (κ1) is 105. The molecule has 8 saturated carbocycles. The van der Waals surface area contributed by atoms with Gasteiger partial charge in [0.2, 0.25) is 0 Å². The van der Waals surface area contributed by atoms with E-state index in [1.165, 1.54) is 151 Å². The van der Waals surface area contributed by atoms with E-state index < -0.39 is 46.5 Å². The van der Waals surface area contributed by atoms with Crippen molar-refractivity contribution in [2.75, 3.05) is 0 Å². The van der Waals surface area contributed by atoms with Gasteiger partial charge >= 0.3 is 0 Å². The van der Waals surface area contributed by atoms with Crippen LogP contribution in [0.1, 0.15) is 412 Å². The van der Waals surface area contributed by atoms with Gasteiger partial charge in [-0.2, -0.15) is 0 Å². The summed E-state index contributed by atoms with van der Waals surface area (Å²) in [5, 5.41) is 0. The standard InChI is InChI=1S/4C25H34F2O.8CH4/c1-16-3-14-23(28-15-16)21-11-7-19(8-12-21)18-5-9-20(10-6-18)22-13-4-17(2)24(26)25(22)27;1-16-3-6-20(7-4-16)23-14-12-21(15-28-23)18-8-10-19(11-9-18)22-13-5-17(2)24(26)25(22)27;1-16-3-6-18(7-4-16)21-12-14-23(28-15-21)20-10-8-19(9-11-20)22-13-5-17(2)24(26)25(22)27;1-16-3-14-23(25(27)24(16)26)21-12-10-19(11-13-21)18-6-8-20(9-7-18)22-5-4-17(2)28-15-22;;;;;;;;/h4,13,15,18-21,23H,3,5-12,14H2,1-2H3;2*5,13,15-16,18-20,23H,3-4,6-12,14H2,1-2H3;3,14-15,17-21H,4-13H2,1-2H3;8*1H4. The summed E-state index contributed by atoms with van der Waals surface area (Å²) in [6.45, 7) is 15.5. The van der Waals surface area contributed by atoms with Gasteiger partial charge in [0.1, 0.15) is 18.3 Å². The molecule has 4 nitrogen and oxygen atoms in total. The van der Waals surface area contributed by atoms with Crippen LogP contribution in [0.25, 0.3) is 0 Å². The summed E-state index contributed by atoms with van der Waals surface area (Å²) < 4.78 is 137. The molecule has 0 amide bonds. The van der Waals surface area contributed by atoms with Gasteiger partial charge in [-0.15, -0.1) is 0 Å². The first-order chi connectivity index (χ1) is 54.1. The number of aryl methyl sites for hydroxylation is 4. The van der Waals surface area contributed by atoms with E-state index in [0.717, 1.165) is 188 Å². The number of allylic oxidation sites excluding steroid dienone is 4. The molecular formula is C108H168F8O4. The lowest BCUT2D eigenvalue weighted by Crippen LogP contribution is -2.31. The van der Waals surface area contributed by atoms with Gasteiger partial charge in [0.05, 0.1) is 31.2 Å². The second-order valence-electron chi connectivity index (χ2n) is 38.2. The largest absolute Gasteiger partial charge is 0.498 e. The second-order valence-corrected chi connectivity index (χ2v) is 38.2. The maximum absolute atomic E-state index is 14.4. The molecule has 4 aliphatic heterocycles. The van der Waals surface area contributed by atoms with E-state index in [9.17, 15) is 35.1 Å². The predicted octanol–water partition coefficient (Wildman–Crippen LogP) is 34.8. The van der Waals surface area contributed by atoms with Crippen molar-refractivity contribution in [3.8, 4) is 0 Å². The highest BCUT2D eigenvalue weighted by Gasteiger charge is 2.40. The zero-order valence-electron chi connectivity index (χ0n) is 69.4. The van der Waals surface area contributed by atoms with Crippen molar-refractivity contribution >= 4 is 0 Å². The Balaban J connectivity index is 0.000000279. The molecule has 0 radical (unpaired) electrons. The molecule has 120 heavy (non-hydrogen) atoms. The number of ether oxygens (including phenoxy) is 4. The minimum Gasteiger partial charge on any atom is -0.498 e. The average molecular weight is 1680 g/mol. The molecule has 8 fully saturated rings. The Kier molecular flexibility index (Phi) is 43.2. The molecule has 8 aliphatic carbocycles. The second kappa shape index (κ2) is 49.4. The maximum atomic E-state index is 14.4. The highest BCUT2D eigenvalue weighted by molar-refractivity contribution is 5.33. The molecule has 4 aromatic carbocycles. The first-order valence-electron chi connectivity index (χ1n) is 45.2. The molecule has 4 unspecified atom stereocenters. The number of hydrogen-bond donors (Lipinski definition) is 0. The van der Waals surface area contributed by atoms with Crippen LogP contribution >= 0.6 is 0 Å². The fourth-order valence-electron chi connectivity index (χ4n) is 23.1. The molecule has 12 aliphatic rings. The molecule has 16 rings (SSSR count). The monoisotopic (exact) mass is 1680 g/mol. The van der Waals surface area contributed by atoms with Crippen molar-refractivity contribution < 1.29 is 54.1 Å². The Labute approximate surface area is 727 Å². The van der Waals surface area contributed by atoms with E-state index in [4.69, 9.17) is 18.9 Å². The van der Waals surface area contributed by atoms with Crippen LogP contribution in [0.15, 0.2) is 95.9 Å². The molecule has 4 heterocycles. The van der Waals surface area contributed by atoms with E-state index in [1.807, 2.05) is 18.4 Å². The molecule has 680 valence electrons. The number of rotatable bonds is 12. The molecule has 0 aromatic heterocycles. The minimum absolute atomic E-state index is 0. The zero-order valence-corrected chi connectivity index (χ0v) is 69.4. The molecule has 4 aromatic rings. The summed E-state index contributed by atoms with van der Waals surface area (Å²) in [5.74, 6) is 4.50. The minimum atomic E-state index is -0.676. The van der Waals surface area contributed by atoms with Crippen molar-refractivity contribution in [3.63, 3.8) is 0 Å². The summed E-state index contributed by atoms with van der Waals surface area (Å²) in [6.07, 6.45) is 56.8. The highest BCUT2D eigenvalue weighted by Crippen LogP contribution is 2.51. The van der Waals surface area contributed by atoms with E-state index in [1.54, 1.807) is 64.1 Å². The van der Waals surface area contributed by atoms with Crippen LogP contribution in [-0.2, 0) is 18.9 Å².